The summed E-state index contributed by atoms with van der Waals surface area (Å²) in [7, 11) is 0. The van der Waals surface area contributed by atoms with Crippen LogP contribution in [0.25, 0.3) is 0 Å². The Balaban J connectivity index is 2.50. The van der Waals surface area contributed by atoms with Crippen LogP contribution in [0.5, 0.6) is 0 Å². The first-order chi connectivity index (χ1) is 16.6. The Morgan fingerprint density at radius 3 is 2.43 bits per heavy atom. The molecule has 0 spiro atoms. The quantitative estimate of drug-likeness (QED) is 0.163. The molecule has 0 radical (unpaired) electrons. The molecule has 1 saturated heterocycles. The van der Waals surface area contributed by atoms with E-state index in [0.717, 1.165) is 17.2 Å². The fourth-order valence-corrected chi connectivity index (χ4v) is 4.15. The third-order valence-corrected chi connectivity index (χ3v) is 6.14. The zero-order valence-electron chi connectivity index (χ0n) is 20.2. The van der Waals surface area contributed by atoms with Gasteiger partial charge in [0.2, 0.25) is 5.60 Å². The molecule has 0 aromatic carbocycles. The molecule has 2 rings (SSSR count). The highest BCUT2D eigenvalue weighted by molar-refractivity contribution is 5.90. The van der Waals surface area contributed by atoms with Gasteiger partial charge in [-0.25, -0.2) is 14.4 Å². The average Bonchev–Trinajstić information content (AvgIpc) is 3.05. The van der Waals surface area contributed by atoms with Gasteiger partial charge >= 0.3 is 17.9 Å². The minimum atomic E-state index is -2.35. The largest absolute Gasteiger partial charge is 0.459 e. The lowest BCUT2D eigenvalue weighted by Gasteiger charge is -2.33. The molecule has 1 heterocycles. The number of aliphatic hydroxyl groups is 4. The van der Waals surface area contributed by atoms with Crippen LogP contribution < -0.4 is 0 Å². The smallest absolute Gasteiger partial charge is 0.342 e. The van der Waals surface area contributed by atoms with Crippen molar-refractivity contribution in [3.05, 3.63) is 46.6 Å². The van der Waals surface area contributed by atoms with Crippen LogP contribution in [0.2, 0.25) is 0 Å². The number of fused-ring (bicyclic) bond motifs is 1. The third kappa shape index (κ3) is 6.88. The van der Waals surface area contributed by atoms with Crippen LogP contribution in [-0.4, -0.2) is 82.6 Å². The van der Waals surface area contributed by atoms with Gasteiger partial charge < -0.3 is 34.6 Å². The molecule has 0 aromatic heterocycles. The standard InChI is InChI=1S/C25H34O10/c1-4-17(12-27)22(29)33-14-25(32)21-19(34-23(30)18(13-28)8-9-26)10-15(2)6-5-7-16(3)11-20(21)35-24(25)31/h4,6,8,11,19-21,26-28,32H,5,7,9-10,12-14H2,1-3H3. The van der Waals surface area contributed by atoms with Crippen LogP contribution in [0.4, 0.5) is 0 Å². The normalized spacial score (nSPS) is 27.9. The van der Waals surface area contributed by atoms with Crippen molar-refractivity contribution >= 4 is 17.9 Å². The van der Waals surface area contributed by atoms with Crippen LogP contribution in [0, 0.1) is 5.92 Å². The first kappa shape index (κ1) is 28.4. The Morgan fingerprint density at radius 1 is 1.14 bits per heavy atom. The molecule has 1 fully saturated rings. The number of esters is 3. The molecule has 2 aliphatic rings. The average molecular weight is 495 g/mol. The van der Waals surface area contributed by atoms with Crippen molar-refractivity contribution in [2.24, 2.45) is 5.92 Å². The molecule has 4 atom stereocenters. The fraction of sp³-hybridized carbons (Fsp3) is 0.560. The highest BCUT2D eigenvalue weighted by Crippen LogP contribution is 2.40. The lowest BCUT2D eigenvalue weighted by atomic mass is 9.78. The van der Waals surface area contributed by atoms with Gasteiger partial charge in [-0.1, -0.05) is 23.3 Å². The maximum absolute atomic E-state index is 12.9. The number of rotatable bonds is 8. The van der Waals surface area contributed by atoms with Crippen molar-refractivity contribution in [3.8, 4) is 0 Å². The number of ether oxygens (including phenoxy) is 3. The lowest BCUT2D eigenvalue weighted by Crippen LogP contribution is -2.52. The molecule has 1 aliphatic carbocycles. The Morgan fingerprint density at radius 2 is 1.83 bits per heavy atom. The fourth-order valence-electron chi connectivity index (χ4n) is 4.15. The van der Waals surface area contributed by atoms with Gasteiger partial charge in [-0.2, -0.15) is 0 Å². The van der Waals surface area contributed by atoms with Crippen LogP contribution in [0.1, 0.15) is 40.0 Å². The van der Waals surface area contributed by atoms with E-state index in [2.05, 4.69) is 0 Å². The molecule has 0 saturated carbocycles. The van der Waals surface area contributed by atoms with E-state index in [0.29, 0.717) is 12.8 Å². The molecule has 194 valence electrons. The van der Waals surface area contributed by atoms with Gasteiger partial charge in [0.15, 0.2) is 0 Å². The van der Waals surface area contributed by atoms with Gasteiger partial charge in [0.25, 0.3) is 0 Å². The monoisotopic (exact) mass is 494 g/mol. The zero-order chi connectivity index (χ0) is 26.2. The topological polar surface area (TPSA) is 160 Å². The van der Waals surface area contributed by atoms with Crippen LogP contribution >= 0.6 is 0 Å². The van der Waals surface area contributed by atoms with Crippen LogP contribution in [0.3, 0.4) is 0 Å². The highest BCUT2D eigenvalue weighted by Gasteiger charge is 2.61. The molecule has 4 unspecified atom stereocenters. The van der Waals surface area contributed by atoms with E-state index < -0.39 is 68.1 Å². The van der Waals surface area contributed by atoms with E-state index in [4.69, 9.17) is 19.3 Å². The summed E-state index contributed by atoms with van der Waals surface area (Å²) in [4.78, 5) is 37.9. The number of aliphatic hydroxyl groups excluding tert-OH is 3. The summed E-state index contributed by atoms with van der Waals surface area (Å²) in [6.45, 7) is 2.65. The van der Waals surface area contributed by atoms with Crippen molar-refractivity contribution < 1.29 is 49.0 Å². The van der Waals surface area contributed by atoms with Crippen LogP contribution in [-0.2, 0) is 28.6 Å². The predicted molar refractivity (Wildman–Crippen MR) is 124 cm³/mol. The molecule has 4 N–H and O–H groups in total. The molecule has 10 nitrogen and oxygen atoms in total. The van der Waals surface area contributed by atoms with E-state index in [1.165, 1.54) is 13.0 Å². The summed E-state index contributed by atoms with van der Waals surface area (Å²) in [5.74, 6) is -4.03. The van der Waals surface area contributed by atoms with Gasteiger partial charge in [0, 0.05) is 6.42 Å². The first-order valence-electron chi connectivity index (χ1n) is 11.4. The van der Waals surface area contributed by atoms with E-state index >= 15 is 0 Å². The van der Waals surface area contributed by atoms with E-state index in [1.54, 1.807) is 6.08 Å². The maximum Gasteiger partial charge on any atom is 0.342 e. The zero-order valence-corrected chi connectivity index (χ0v) is 20.2. The summed E-state index contributed by atoms with van der Waals surface area (Å²) in [6, 6.07) is 0. The van der Waals surface area contributed by atoms with Gasteiger partial charge in [-0.05, 0) is 45.8 Å². The summed E-state index contributed by atoms with van der Waals surface area (Å²) < 4.78 is 16.3. The van der Waals surface area contributed by atoms with Crippen molar-refractivity contribution in [1.29, 1.82) is 0 Å². The molecule has 0 aromatic rings. The van der Waals surface area contributed by atoms with E-state index in [1.807, 2.05) is 19.9 Å². The first-order valence-corrected chi connectivity index (χ1v) is 11.4. The van der Waals surface area contributed by atoms with E-state index in [9.17, 15) is 29.7 Å². The molecule has 35 heavy (non-hydrogen) atoms. The minimum Gasteiger partial charge on any atom is -0.459 e. The predicted octanol–water partition coefficient (Wildman–Crippen LogP) is 0.640. The molecule has 1 aliphatic heterocycles. The third-order valence-electron chi connectivity index (χ3n) is 6.14. The molecule has 10 heteroatoms. The molecule has 0 bridgehead atoms. The second-order valence-electron chi connectivity index (χ2n) is 8.69. The van der Waals surface area contributed by atoms with E-state index in [-0.39, 0.29) is 17.6 Å². The van der Waals surface area contributed by atoms with Gasteiger partial charge in [-0.3, -0.25) is 0 Å². The summed E-state index contributed by atoms with van der Waals surface area (Å²) in [5.41, 5.74) is -0.867. The lowest BCUT2D eigenvalue weighted by molar-refractivity contribution is -0.172. The van der Waals surface area contributed by atoms with Gasteiger partial charge in [0.1, 0.15) is 18.8 Å². The number of allylic oxidation sites excluding steroid dienone is 3. The number of hydrogen-bond acceptors (Lipinski definition) is 10. The highest BCUT2D eigenvalue weighted by atomic mass is 16.6. The van der Waals surface area contributed by atoms with Crippen molar-refractivity contribution in [1.82, 2.24) is 0 Å². The van der Waals surface area contributed by atoms with Crippen molar-refractivity contribution in [2.75, 3.05) is 26.4 Å². The van der Waals surface area contributed by atoms with Gasteiger partial charge in [-0.15, -0.1) is 0 Å². The molecule has 0 amide bonds. The second-order valence-corrected chi connectivity index (χ2v) is 8.69. The summed E-state index contributed by atoms with van der Waals surface area (Å²) in [6.07, 6.45) is 5.55. The van der Waals surface area contributed by atoms with Crippen molar-refractivity contribution in [2.45, 2.75) is 57.8 Å². The second kappa shape index (κ2) is 12.8. The Kier molecular flexibility index (Phi) is 10.4. The minimum absolute atomic E-state index is 0.0540. The SMILES string of the molecule is CC=C(CO)C(=O)OCC1(O)C(=O)OC2C=C(C)CCC=C(C)CC(OC(=O)C(=CCO)CO)C21. The number of carbonyl (C=O) groups is 3. The summed E-state index contributed by atoms with van der Waals surface area (Å²) in [5, 5.41) is 39.4. The Bertz CT molecular complexity index is 929. The molecular weight excluding hydrogens is 460 g/mol. The Labute approximate surface area is 204 Å². The Hall–Kier alpha value is -2.79. The van der Waals surface area contributed by atoms with Gasteiger partial charge in [0.05, 0.1) is 36.9 Å². The number of hydrogen-bond donors (Lipinski definition) is 4. The summed E-state index contributed by atoms with van der Waals surface area (Å²) >= 11 is 0. The number of carbonyl (C=O) groups excluding carboxylic acids is 3. The van der Waals surface area contributed by atoms with Crippen molar-refractivity contribution in [3.63, 3.8) is 0 Å². The van der Waals surface area contributed by atoms with Crippen LogP contribution in [0.15, 0.2) is 46.6 Å². The maximum atomic E-state index is 12.9. The molecular formula is C25H34O10.